The van der Waals surface area contributed by atoms with Gasteiger partial charge in [0.15, 0.2) is 0 Å². The molecular weight excluding hydrogens is 182 g/mol. The van der Waals surface area contributed by atoms with Gasteiger partial charge in [-0.2, -0.15) is 0 Å². The zero-order valence-electron chi connectivity index (χ0n) is 8.06. The van der Waals surface area contributed by atoms with E-state index in [-0.39, 0.29) is 12.6 Å². The van der Waals surface area contributed by atoms with Crippen LogP contribution in [0.15, 0.2) is 12.3 Å². The molecule has 0 amide bonds. The molecule has 1 aliphatic rings. The lowest BCUT2D eigenvalue weighted by atomic mass is 10.1. The maximum Gasteiger partial charge on any atom is 0.302 e. The van der Waals surface area contributed by atoms with Crippen LogP contribution in [0.3, 0.4) is 0 Å². The van der Waals surface area contributed by atoms with Gasteiger partial charge in [-0.05, 0) is 12.5 Å². The first-order valence-electron chi connectivity index (χ1n) is 4.68. The number of aliphatic hydroxyl groups is 1. The molecule has 1 aliphatic heterocycles. The number of carbonyl (C=O) groups excluding carboxylic acids is 1. The van der Waals surface area contributed by atoms with E-state index < -0.39 is 6.10 Å². The molecule has 0 fully saturated rings. The lowest BCUT2D eigenvalue weighted by molar-refractivity contribution is -0.142. The van der Waals surface area contributed by atoms with Crippen molar-refractivity contribution in [1.82, 2.24) is 4.57 Å². The molecule has 0 aromatic carbocycles. The zero-order valence-corrected chi connectivity index (χ0v) is 8.06. The topological polar surface area (TPSA) is 51.5 Å². The molecule has 0 saturated heterocycles. The molecule has 0 radical (unpaired) electrons. The maximum absolute atomic E-state index is 10.6. The first-order valence-corrected chi connectivity index (χ1v) is 4.68. The molecule has 1 aromatic heterocycles. The van der Waals surface area contributed by atoms with Gasteiger partial charge in [-0.25, -0.2) is 0 Å². The Morgan fingerprint density at radius 1 is 1.79 bits per heavy atom. The number of nitrogens with zero attached hydrogens (tertiary/aromatic N) is 1. The summed E-state index contributed by atoms with van der Waals surface area (Å²) in [6.45, 7) is 2.48. The molecule has 2 rings (SSSR count). The number of aryl methyl sites for hydroxylation is 1. The number of carbonyl (C=O) groups is 1. The Hall–Kier alpha value is -1.29. The molecule has 0 aliphatic carbocycles. The Labute approximate surface area is 82.1 Å². The van der Waals surface area contributed by atoms with Crippen molar-refractivity contribution in [3.8, 4) is 0 Å². The smallest absolute Gasteiger partial charge is 0.302 e. The summed E-state index contributed by atoms with van der Waals surface area (Å²) in [5, 5.41) is 9.65. The van der Waals surface area contributed by atoms with E-state index >= 15 is 0 Å². The molecule has 4 heteroatoms. The molecule has 1 unspecified atom stereocenters. The number of ether oxygens (including phenoxy) is 1. The van der Waals surface area contributed by atoms with Crippen molar-refractivity contribution < 1.29 is 14.6 Å². The molecule has 4 nitrogen and oxygen atoms in total. The van der Waals surface area contributed by atoms with Gasteiger partial charge < -0.3 is 14.4 Å². The molecule has 0 bridgehead atoms. The Kier molecular flexibility index (Phi) is 2.29. The quantitative estimate of drug-likeness (QED) is 0.716. The summed E-state index contributed by atoms with van der Waals surface area (Å²) in [5.41, 5.74) is 1.80. The summed E-state index contributed by atoms with van der Waals surface area (Å²) in [4.78, 5) is 10.6. The standard InChI is InChI=1S/C10H13NO3/c1-7(12)14-6-8-2-4-11-5-3-9(13)10(8)11/h2,4,9,13H,3,5-6H2,1H3. The van der Waals surface area contributed by atoms with E-state index in [1.54, 1.807) is 0 Å². The van der Waals surface area contributed by atoms with Gasteiger partial charge in [0.1, 0.15) is 6.61 Å². The van der Waals surface area contributed by atoms with E-state index in [1.165, 1.54) is 6.92 Å². The average Bonchev–Trinajstić information content (AvgIpc) is 2.66. The fraction of sp³-hybridized carbons (Fsp3) is 0.500. The second-order valence-electron chi connectivity index (χ2n) is 3.50. The van der Waals surface area contributed by atoms with Crippen LogP contribution in [0, 0.1) is 0 Å². The molecule has 0 saturated carbocycles. The number of hydrogen-bond donors (Lipinski definition) is 1. The van der Waals surface area contributed by atoms with Gasteiger partial charge in [0.25, 0.3) is 0 Å². The van der Waals surface area contributed by atoms with Crippen LogP contribution in [0.5, 0.6) is 0 Å². The number of hydrogen-bond acceptors (Lipinski definition) is 3. The minimum atomic E-state index is -0.407. The van der Waals surface area contributed by atoms with Crippen molar-refractivity contribution in [3.05, 3.63) is 23.5 Å². The van der Waals surface area contributed by atoms with Gasteiger partial charge in [-0.3, -0.25) is 4.79 Å². The van der Waals surface area contributed by atoms with Gasteiger partial charge in [-0.15, -0.1) is 0 Å². The Morgan fingerprint density at radius 2 is 2.57 bits per heavy atom. The van der Waals surface area contributed by atoms with Crippen molar-refractivity contribution in [2.24, 2.45) is 0 Å². The lowest BCUT2D eigenvalue weighted by Crippen LogP contribution is -2.02. The molecule has 0 spiro atoms. The van der Waals surface area contributed by atoms with Gasteiger partial charge in [0, 0.05) is 25.2 Å². The average molecular weight is 195 g/mol. The summed E-state index contributed by atoms with van der Waals surface area (Å²) in [7, 11) is 0. The SMILES string of the molecule is CC(=O)OCc1ccn2c1C(O)CC2. The zero-order chi connectivity index (χ0) is 10.1. The van der Waals surface area contributed by atoms with Crippen LogP contribution in [0.2, 0.25) is 0 Å². The fourth-order valence-corrected chi connectivity index (χ4v) is 1.83. The Balaban J connectivity index is 2.15. The monoisotopic (exact) mass is 195 g/mol. The molecule has 14 heavy (non-hydrogen) atoms. The maximum atomic E-state index is 10.6. The number of aliphatic hydroxyl groups excluding tert-OH is 1. The van der Waals surface area contributed by atoms with Crippen LogP contribution in [0.25, 0.3) is 0 Å². The Bertz CT molecular complexity index is 356. The van der Waals surface area contributed by atoms with Crippen molar-refractivity contribution >= 4 is 5.97 Å². The van der Waals surface area contributed by atoms with Crippen molar-refractivity contribution in [2.45, 2.75) is 32.6 Å². The molecule has 2 heterocycles. The lowest BCUT2D eigenvalue weighted by Gasteiger charge is -2.05. The van der Waals surface area contributed by atoms with Crippen molar-refractivity contribution in [2.75, 3.05) is 0 Å². The largest absolute Gasteiger partial charge is 0.461 e. The van der Waals surface area contributed by atoms with E-state index in [0.29, 0.717) is 0 Å². The first kappa shape index (κ1) is 9.27. The third kappa shape index (κ3) is 1.53. The third-order valence-corrected chi connectivity index (χ3v) is 2.48. The van der Waals surface area contributed by atoms with E-state index in [1.807, 2.05) is 16.8 Å². The molecule has 76 valence electrons. The van der Waals surface area contributed by atoms with Crippen LogP contribution in [-0.4, -0.2) is 15.6 Å². The van der Waals surface area contributed by atoms with Crippen LogP contribution in [0.4, 0.5) is 0 Å². The van der Waals surface area contributed by atoms with Crippen molar-refractivity contribution in [1.29, 1.82) is 0 Å². The molecule has 1 aromatic rings. The van der Waals surface area contributed by atoms with E-state index in [0.717, 1.165) is 24.2 Å². The van der Waals surface area contributed by atoms with Gasteiger partial charge >= 0.3 is 5.97 Å². The van der Waals surface area contributed by atoms with Crippen LogP contribution in [0.1, 0.15) is 30.7 Å². The summed E-state index contributed by atoms with van der Waals surface area (Å²) < 4.78 is 6.90. The predicted octanol–water partition coefficient (Wildman–Crippen LogP) is 0.988. The number of aromatic nitrogens is 1. The predicted molar refractivity (Wildman–Crippen MR) is 49.5 cm³/mol. The van der Waals surface area contributed by atoms with E-state index in [2.05, 4.69) is 0 Å². The van der Waals surface area contributed by atoms with Gasteiger partial charge in [0.05, 0.1) is 11.8 Å². The van der Waals surface area contributed by atoms with Gasteiger partial charge in [0.2, 0.25) is 0 Å². The number of rotatable bonds is 2. The normalized spacial score (nSPS) is 19.4. The highest BCUT2D eigenvalue weighted by Gasteiger charge is 2.23. The van der Waals surface area contributed by atoms with Crippen LogP contribution < -0.4 is 0 Å². The molecule has 1 atom stereocenters. The van der Waals surface area contributed by atoms with Crippen LogP contribution >= 0.6 is 0 Å². The minimum Gasteiger partial charge on any atom is -0.461 e. The summed E-state index contributed by atoms with van der Waals surface area (Å²) in [5.74, 6) is -0.294. The molecular formula is C10H13NO3. The van der Waals surface area contributed by atoms with Crippen molar-refractivity contribution in [3.63, 3.8) is 0 Å². The second-order valence-corrected chi connectivity index (χ2v) is 3.50. The minimum absolute atomic E-state index is 0.259. The van der Waals surface area contributed by atoms with Crippen LogP contribution in [-0.2, 0) is 22.7 Å². The molecule has 1 N–H and O–H groups in total. The summed E-state index contributed by atoms with van der Waals surface area (Å²) >= 11 is 0. The second kappa shape index (κ2) is 3.46. The van der Waals surface area contributed by atoms with Gasteiger partial charge in [-0.1, -0.05) is 0 Å². The highest BCUT2D eigenvalue weighted by molar-refractivity contribution is 5.65. The van der Waals surface area contributed by atoms with E-state index in [4.69, 9.17) is 4.74 Å². The number of esters is 1. The third-order valence-electron chi connectivity index (χ3n) is 2.48. The highest BCUT2D eigenvalue weighted by Crippen LogP contribution is 2.29. The summed E-state index contributed by atoms with van der Waals surface area (Å²) in [6.07, 6.45) is 2.27. The first-order chi connectivity index (χ1) is 6.68. The number of fused-ring (bicyclic) bond motifs is 1. The highest BCUT2D eigenvalue weighted by atomic mass is 16.5. The Morgan fingerprint density at radius 3 is 3.29 bits per heavy atom. The van der Waals surface area contributed by atoms with E-state index in [9.17, 15) is 9.90 Å². The fourth-order valence-electron chi connectivity index (χ4n) is 1.83. The summed E-state index contributed by atoms with van der Waals surface area (Å²) in [6, 6.07) is 1.89.